The van der Waals surface area contributed by atoms with Crippen molar-refractivity contribution in [3.63, 3.8) is 0 Å². The molecule has 5 heteroatoms. The van der Waals surface area contributed by atoms with Crippen molar-refractivity contribution >= 4 is 11.8 Å². The van der Waals surface area contributed by atoms with Gasteiger partial charge in [-0.15, -0.1) is 0 Å². The molecule has 98 valence electrons. The smallest absolute Gasteiger partial charge is 0.411 e. The summed E-state index contributed by atoms with van der Waals surface area (Å²) in [4.78, 5) is 11.7. The zero-order valence-corrected chi connectivity index (χ0v) is 10.4. The van der Waals surface area contributed by atoms with E-state index in [2.05, 4.69) is 10.6 Å². The van der Waals surface area contributed by atoms with Gasteiger partial charge in [0.05, 0.1) is 7.11 Å². The quantitative estimate of drug-likeness (QED) is 0.861. The maximum Gasteiger partial charge on any atom is 0.411 e. The summed E-state index contributed by atoms with van der Waals surface area (Å²) < 4.78 is 10.4. The van der Waals surface area contributed by atoms with Gasteiger partial charge in [-0.25, -0.2) is 4.79 Å². The number of carbonyl (C=O) groups is 1. The van der Waals surface area contributed by atoms with Crippen LogP contribution in [0.3, 0.4) is 0 Å². The van der Waals surface area contributed by atoms with Crippen molar-refractivity contribution in [2.45, 2.75) is 18.9 Å². The third-order valence-electron chi connectivity index (χ3n) is 2.84. The Hall–Kier alpha value is -1.75. The van der Waals surface area contributed by atoms with E-state index in [0.717, 1.165) is 25.9 Å². The Morgan fingerprint density at radius 2 is 2.39 bits per heavy atom. The number of amides is 1. The molecular weight excluding hydrogens is 232 g/mol. The number of anilines is 1. The molecule has 1 fully saturated rings. The lowest BCUT2D eigenvalue weighted by atomic mass is 10.1. The predicted molar refractivity (Wildman–Crippen MR) is 69.0 cm³/mol. The van der Waals surface area contributed by atoms with Gasteiger partial charge in [-0.3, -0.25) is 5.32 Å². The lowest BCUT2D eigenvalue weighted by Crippen LogP contribution is -2.37. The average molecular weight is 250 g/mol. The first-order chi connectivity index (χ1) is 8.78. The van der Waals surface area contributed by atoms with Gasteiger partial charge in [0.25, 0.3) is 0 Å². The van der Waals surface area contributed by atoms with E-state index < -0.39 is 6.09 Å². The number of hydrogen-bond acceptors (Lipinski definition) is 4. The van der Waals surface area contributed by atoms with E-state index in [1.165, 1.54) is 0 Å². The molecule has 1 atom stereocenters. The van der Waals surface area contributed by atoms with E-state index in [1.807, 2.05) is 12.1 Å². The molecule has 0 spiro atoms. The summed E-state index contributed by atoms with van der Waals surface area (Å²) in [6.45, 7) is 1.73. The standard InChI is InChI=1S/C13H18N2O3/c1-17-11-5-2-4-10(8-11)15-13(16)18-12-6-3-7-14-9-12/h2,4-5,8,12,14H,3,6-7,9H2,1H3,(H,15,16)/t12-/m0/s1. The van der Waals surface area contributed by atoms with Crippen LogP contribution in [0, 0.1) is 0 Å². The molecule has 0 bridgehead atoms. The summed E-state index contributed by atoms with van der Waals surface area (Å²) in [6.07, 6.45) is 1.50. The van der Waals surface area contributed by atoms with Gasteiger partial charge in [-0.1, -0.05) is 6.07 Å². The third-order valence-corrected chi connectivity index (χ3v) is 2.84. The Kier molecular flexibility index (Phi) is 4.41. The van der Waals surface area contributed by atoms with Crippen molar-refractivity contribution in [3.05, 3.63) is 24.3 Å². The number of rotatable bonds is 3. The van der Waals surface area contributed by atoms with Gasteiger partial charge in [0.2, 0.25) is 0 Å². The lowest BCUT2D eigenvalue weighted by Gasteiger charge is -2.22. The maximum atomic E-state index is 11.7. The minimum Gasteiger partial charge on any atom is -0.497 e. The minimum atomic E-state index is -0.419. The van der Waals surface area contributed by atoms with Crippen molar-refractivity contribution < 1.29 is 14.3 Å². The molecule has 0 saturated carbocycles. The number of methoxy groups -OCH3 is 1. The molecule has 1 saturated heterocycles. The van der Waals surface area contributed by atoms with Gasteiger partial charge < -0.3 is 14.8 Å². The molecule has 1 amide bonds. The summed E-state index contributed by atoms with van der Waals surface area (Å²) in [7, 11) is 1.59. The number of piperidine rings is 1. The highest BCUT2D eigenvalue weighted by atomic mass is 16.6. The van der Waals surface area contributed by atoms with E-state index in [4.69, 9.17) is 9.47 Å². The van der Waals surface area contributed by atoms with Crippen molar-refractivity contribution in [2.75, 3.05) is 25.5 Å². The number of benzene rings is 1. The predicted octanol–water partition coefficient (Wildman–Crippen LogP) is 2.00. The Balaban J connectivity index is 1.85. The van der Waals surface area contributed by atoms with Crippen molar-refractivity contribution in [1.29, 1.82) is 0 Å². The van der Waals surface area contributed by atoms with E-state index in [1.54, 1.807) is 19.2 Å². The molecule has 1 aliphatic heterocycles. The summed E-state index contributed by atoms with van der Waals surface area (Å²) in [5, 5.41) is 5.89. The number of ether oxygens (including phenoxy) is 2. The highest BCUT2D eigenvalue weighted by Crippen LogP contribution is 2.17. The first kappa shape index (κ1) is 12.7. The van der Waals surface area contributed by atoms with Crippen LogP contribution in [0.15, 0.2) is 24.3 Å². The van der Waals surface area contributed by atoms with Crippen LogP contribution in [0.2, 0.25) is 0 Å². The largest absolute Gasteiger partial charge is 0.497 e. The van der Waals surface area contributed by atoms with Gasteiger partial charge in [-0.05, 0) is 31.5 Å². The van der Waals surface area contributed by atoms with Gasteiger partial charge in [0.1, 0.15) is 11.9 Å². The molecule has 0 aromatic heterocycles. The van der Waals surface area contributed by atoms with Crippen LogP contribution in [-0.4, -0.2) is 32.4 Å². The van der Waals surface area contributed by atoms with Crippen LogP contribution in [0.5, 0.6) is 5.75 Å². The van der Waals surface area contributed by atoms with Gasteiger partial charge in [-0.2, -0.15) is 0 Å². The number of hydrogen-bond donors (Lipinski definition) is 2. The first-order valence-corrected chi connectivity index (χ1v) is 6.10. The topological polar surface area (TPSA) is 59.6 Å². The van der Waals surface area contributed by atoms with Crippen molar-refractivity contribution in [1.82, 2.24) is 5.32 Å². The zero-order chi connectivity index (χ0) is 12.8. The Bertz CT molecular complexity index is 403. The average Bonchev–Trinajstić information content (AvgIpc) is 2.40. The van der Waals surface area contributed by atoms with Crippen LogP contribution < -0.4 is 15.4 Å². The molecule has 2 rings (SSSR count). The van der Waals surface area contributed by atoms with Gasteiger partial charge >= 0.3 is 6.09 Å². The molecule has 0 radical (unpaired) electrons. The van der Waals surface area contributed by atoms with E-state index in [-0.39, 0.29) is 6.10 Å². The van der Waals surface area contributed by atoms with E-state index >= 15 is 0 Å². The van der Waals surface area contributed by atoms with Crippen LogP contribution in [0.25, 0.3) is 0 Å². The number of carbonyl (C=O) groups excluding carboxylic acids is 1. The van der Waals surface area contributed by atoms with E-state index in [0.29, 0.717) is 11.4 Å². The highest BCUT2D eigenvalue weighted by Gasteiger charge is 2.17. The highest BCUT2D eigenvalue weighted by molar-refractivity contribution is 5.84. The van der Waals surface area contributed by atoms with Crippen LogP contribution >= 0.6 is 0 Å². The van der Waals surface area contributed by atoms with Crippen molar-refractivity contribution in [3.8, 4) is 5.75 Å². The second-order valence-corrected chi connectivity index (χ2v) is 4.23. The molecule has 0 unspecified atom stereocenters. The molecule has 0 aliphatic carbocycles. The van der Waals surface area contributed by atoms with Gasteiger partial charge in [0.15, 0.2) is 0 Å². The molecule has 5 nitrogen and oxygen atoms in total. The summed E-state index contributed by atoms with van der Waals surface area (Å²) >= 11 is 0. The molecule has 1 aromatic rings. The molecule has 1 aromatic carbocycles. The van der Waals surface area contributed by atoms with Crippen LogP contribution in [0.4, 0.5) is 10.5 Å². The minimum absolute atomic E-state index is 0.0376. The second-order valence-electron chi connectivity index (χ2n) is 4.23. The fourth-order valence-corrected chi connectivity index (χ4v) is 1.92. The zero-order valence-electron chi connectivity index (χ0n) is 10.4. The first-order valence-electron chi connectivity index (χ1n) is 6.10. The van der Waals surface area contributed by atoms with E-state index in [9.17, 15) is 4.79 Å². The van der Waals surface area contributed by atoms with Gasteiger partial charge in [0, 0.05) is 18.3 Å². The molecule has 1 aliphatic rings. The molecule has 1 heterocycles. The monoisotopic (exact) mass is 250 g/mol. The number of nitrogens with one attached hydrogen (secondary N) is 2. The fourth-order valence-electron chi connectivity index (χ4n) is 1.92. The molecule has 18 heavy (non-hydrogen) atoms. The Morgan fingerprint density at radius 1 is 1.50 bits per heavy atom. The SMILES string of the molecule is COc1cccc(NC(=O)O[C@H]2CCCNC2)c1. The molecular formula is C13H18N2O3. The Morgan fingerprint density at radius 3 is 3.11 bits per heavy atom. The normalized spacial score (nSPS) is 19.1. The lowest BCUT2D eigenvalue weighted by molar-refractivity contribution is 0.0941. The summed E-state index contributed by atoms with van der Waals surface area (Å²) in [5.74, 6) is 0.701. The summed E-state index contributed by atoms with van der Waals surface area (Å²) in [5.41, 5.74) is 0.670. The fraction of sp³-hybridized carbons (Fsp3) is 0.462. The Labute approximate surface area is 106 Å². The van der Waals surface area contributed by atoms with Crippen LogP contribution in [-0.2, 0) is 4.74 Å². The maximum absolute atomic E-state index is 11.7. The third kappa shape index (κ3) is 3.63. The van der Waals surface area contributed by atoms with Crippen molar-refractivity contribution in [2.24, 2.45) is 0 Å². The summed E-state index contributed by atoms with van der Waals surface area (Å²) in [6, 6.07) is 7.18. The molecule has 2 N–H and O–H groups in total. The second kappa shape index (κ2) is 6.26. The van der Waals surface area contributed by atoms with Crippen LogP contribution in [0.1, 0.15) is 12.8 Å².